The Morgan fingerprint density at radius 3 is 2.78 bits per heavy atom. The Kier molecular flexibility index (Phi) is 3.72. The maximum atomic E-state index is 12.1. The highest BCUT2D eigenvalue weighted by atomic mass is 16.3. The normalized spacial score (nSPS) is 16.0. The Hall–Kier alpha value is -1.75. The zero-order valence-corrected chi connectivity index (χ0v) is 10.3. The third kappa shape index (κ3) is 2.13. The minimum Gasteiger partial charge on any atom is -0.396 e. The lowest BCUT2D eigenvalue weighted by Crippen LogP contribution is -2.34. The molecule has 5 heteroatoms. The number of fused-ring (bicyclic) bond motifs is 1. The first kappa shape index (κ1) is 12.7. The van der Waals surface area contributed by atoms with Crippen molar-refractivity contribution < 1.29 is 14.7 Å². The van der Waals surface area contributed by atoms with Crippen LogP contribution in [-0.2, 0) is 0 Å². The highest BCUT2D eigenvalue weighted by Crippen LogP contribution is 2.22. The molecule has 1 aliphatic rings. The van der Waals surface area contributed by atoms with Gasteiger partial charge in [0, 0.05) is 19.3 Å². The van der Waals surface area contributed by atoms with Gasteiger partial charge in [0.05, 0.1) is 5.56 Å². The second kappa shape index (κ2) is 5.27. The second-order valence-corrected chi connectivity index (χ2v) is 4.41. The number of pyridine rings is 1. The molecule has 0 aliphatic carbocycles. The van der Waals surface area contributed by atoms with Crippen molar-refractivity contribution in [2.24, 2.45) is 5.92 Å². The minimum absolute atomic E-state index is 0.0694. The molecule has 0 bridgehead atoms. The summed E-state index contributed by atoms with van der Waals surface area (Å²) in [6, 6.07) is 3.27. The van der Waals surface area contributed by atoms with Crippen LogP contribution in [0.4, 0.5) is 0 Å². The van der Waals surface area contributed by atoms with E-state index in [9.17, 15) is 9.59 Å². The number of carbonyl (C=O) groups excluding carboxylic acids is 2. The van der Waals surface area contributed by atoms with Crippen molar-refractivity contribution >= 4 is 11.8 Å². The predicted octanol–water partition coefficient (Wildman–Crippen LogP) is 1.09. The summed E-state index contributed by atoms with van der Waals surface area (Å²) in [5, 5.41) is 8.95. The van der Waals surface area contributed by atoms with Gasteiger partial charge in [-0.1, -0.05) is 13.3 Å². The summed E-state index contributed by atoms with van der Waals surface area (Å²) in [4.78, 5) is 29.3. The SMILES string of the molecule is CCC(CCO)CN1C(=O)c2cccnc2C1=O. The molecule has 0 fully saturated rings. The van der Waals surface area contributed by atoms with E-state index in [1.165, 1.54) is 11.1 Å². The number of hydrogen-bond donors (Lipinski definition) is 1. The van der Waals surface area contributed by atoms with Crippen molar-refractivity contribution in [3.8, 4) is 0 Å². The Labute approximate surface area is 105 Å². The summed E-state index contributed by atoms with van der Waals surface area (Å²) in [7, 11) is 0. The number of aliphatic hydroxyl groups is 1. The van der Waals surface area contributed by atoms with Crippen LogP contribution in [0.5, 0.6) is 0 Å². The van der Waals surface area contributed by atoms with Gasteiger partial charge in [-0.05, 0) is 24.5 Å². The Bertz CT molecular complexity index is 438. The largest absolute Gasteiger partial charge is 0.396 e. The molecule has 5 nitrogen and oxygen atoms in total. The van der Waals surface area contributed by atoms with Crippen LogP contribution in [0.25, 0.3) is 0 Å². The average molecular weight is 248 g/mol. The molecule has 2 rings (SSSR count). The number of aromatic nitrogens is 1. The maximum absolute atomic E-state index is 12.1. The highest BCUT2D eigenvalue weighted by Gasteiger charge is 2.37. The van der Waals surface area contributed by atoms with Crippen molar-refractivity contribution in [2.75, 3.05) is 13.2 Å². The van der Waals surface area contributed by atoms with Gasteiger partial charge in [-0.3, -0.25) is 19.5 Å². The molecule has 1 aromatic rings. The van der Waals surface area contributed by atoms with Gasteiger partial charge in [-0.2, -0.15) is 0 Å². The van der Waals surface area contributed by atoms with E-state index >= 15 is 0 Å². The molecule has 0 spiro atoms. The summed E-state index contributed by atoms with van der Waals surface area (Å²) < 4.78 is 0. The molecule has 18 heavy (non-hydrogen) atoms. The first-order valence-corrected chi connectivity index (χ1v) is 6.11. The first-order chi connectivity index (χ1) is 8.69. The molecule has 1 aliphatic heterocycles. The van der Waals surface area contributed by atoms with Crippen molar-refractivity contribution in [1.82, 2.24) is 9.88 Å². The predicted molar refractivity (Wildman–Crippen MR) is 65.1 cm³/mol. The molecule has 0 saturated heterocycles. The van der Waals surface area contributed by atoms with E-state index in [1.807, 2.05) is 6.92 Å². The van der Waals surface area contributed by atoms with Gasteiger partial charge in [0.1, 0.15) is 5.69 Å². The summed E-state index contributed by atoms with van der Waals surface area (Å²) in [5.74, 6) is -0.469. The number of imide groups is 1. The van der Waals surface area contributed by atoms with Crippen molar-refractivity contribution in [3.05, 3.63) is 29.6 Å². The molecule has 0 radical (unpaired) electrons. The molecule has 96 valence electrons. The molecule has 0 aromatic carbocycles. The van der Waals surface area contributed by atoms with Gasteiger partial charge in [-0.25, -0.2) is 0 Å². The number of carbonyl (C=O) groups is 2. The van der Waals surface area contributed by atoms with Gasteiger partial charge in [0.2, 0.25) is 0 Å². The van der Waals surface area contributed by atoms with Crippen LogP contribution >= 0.6 is 0 Å². The Morgan fingerprint density at radius 1 is 1.39 bits per heavy atom. The summed E-state index contributed by atoms with van der Waals surface area (Å²) >= 11 is 0. The van der Waals surface area contributed by atoms with Crippen LogP contribution in [0.1, 0.15) is 40.6 Å². The Morgan fingerprint density at radius 2 is 2.17 bits per heavy atom. The molecule has 1 unspecified atom stereocenters. The third-order valence-corrected chi connectivity index (χ3v) is 3.29. The van der Waals surface area contributed by atoms with E-state index in [0.29, 0.717) is 18.5 Å². The number of amides is 2. The van der Waals surface area contributed by atoms with Gasteiger partial charge in [0.25, 0.3) is 11.8 Å². The van der Waals surface area contributed by atoms with Crippen LogP contribution < -0.4 is 0 Å². The van der Waals surface area contributed by atoms with Gasteiger partial charge < -0.3 is 5.11 Å². The lowest BCUT2D eigenvalue weighted by atomic mass is 10.0. The van der Waals surface area contributed by atoms with Crippen LogP contribution in [0.2, 0.25) is 0 Å². The quantitative estimate of drug-likeness (QED) is 0.792. The van der Waals surface area contributed by atoms with Crippen molar-refractivity contribution in [1.29, 1.82) is 0 Å². The minimum atomic E-state index is -0.327. The zero-order valence-electron chi connectivity index (χ0n) is 10.3. The van der Waals surface area contributed by atoms with Crippen LogP contribution in [0.3, 0.4) is 0 Å². The maximum Gasteiger partial charge on any atom is 0.280 e. The van der Waals surface area contributed by atoms with E-state index in [2.05, 4.69) is 4.98 Å². The third-order valence-electron chi connectivity index (χ3n) is 3.29. The monoisotopic (exact) mass is 248 g/mol. The lowest BCUT2D eigenvalue weighted by molar-refractivity contribution is 0.0616. The number of nitrogens with zero attached hydrogens (tertiary/aromatic N) is 2. The fraction of sp³-hybridized carbons (Fsp3) is 0.462. The summed E-state index contributed by atoms with van der Waals surface area (Å²) in [5.41, 5.74) is 0.614. The summed E-state index contributed by atoms with van der Waals surface area (Å²) in [6.07, 6.45) is 2.93. The van der Waals surface area contributed by atoms with E-state index in [4.69, 9.17) is 5.11 Å². The van der Waals surface area contributed by atoms with E-state index in [-0.39, 0.29) is 30.0 Å². The molecular weight excluding hydrogens is 232 g/mol. The van der Waals surface area contributed by atoms with Crippen molar-refractivity contribution in [3.63, 3.8) is 0 Å². The Balaban J connectivity index is 2.18. The van der Waals surface area contributed by atoms with Crippen molar-refractivity contribution in [2.45, 2.75) is 19.8 Å². The molecular formula is C13H16N2O3. The molecule has 1 aromatic heterocycles. The number of hydrogen-bond acceptors (Lipinski definition) is 4. The zero-order chi connectivity index (χ0) is 13.1. The first-order valence-electron chi connectivity index (χ1n) is 6.11. The fourth-order valence-corrected chi connectivity index (χ4v) is 2.14. The topological polar surface area (TPSA) is 70.5 Å². The standard InChI is InChI=1S/C13H16N2O3/c1-2-9(5-7-16)8-15-12(17)10-4-3-6-14-11(10)13(15)18/h3-4,6,9,16H,2,5,7-8H2,1H3. The smallest absolute Gasteiger partial charge is 0.280 e. The van der Waals surface area contributed by atoms with E-state index in [0.717, 1.165) is 6.42 Å². The van der Waals surface area contributed by atoms with Gasteiger partial charge in [-0.15, -0.1) is 0 Å². The molecule has 1 N–H and O–H groups in total. The van der Waals surface area contributed by atoms with Crippen LogP contribution in [0, 0.1) is 5.92 Å². The highest BCUT2D eigenvalue weighted by molar-refractivity contribution is 6.20. The summed E-state index contributed by atoms with van der Waals surface area (Å²) in [6.45, 7) is 2.40. The van der Waals surface area contributed by atoms with E-state index < -0.39 is 0 Å². The molecule has 2 amide bonds. The average Bonchev–Trinajstić information content (AvgIpc) is 2.64. The van der Waals surface area contributed by atoms with Gasteiger partial charge >= 0.3 is 0 Å². The fourth-order valence-electron chi connectivity index (χ4n) is 2.14. The second-order valence-electron chi connectivity index (χ2n) is 4.41. The van der Waals surface area contributed by atoms with Gasteiger partial charge in [0.15, 0.2) is 0 Å². The number of aliphatic hydroxyl groups excluding tert-OH is 1. The van der Waals surface area contributed by atoms with E-state index in [1.54, 1.807) is 12.1 Å². The van der Waals surface area contributed by atoms with Crippen LogP contribution in [-0.4, -0.2) is 40.0 Å². The van der Waals surface area contributed by atoms with Crippen LogP contribution in [0.15, 0.2) is 18.3 Å². The molecule has 2 heterocycles. The molecule has 0 saturated carbocycles. The molecule has 1 atom stereocenters. The lowest BCUT2D eigenvalue weighted by Gasteiger charge is -2.20. The number of rotatable bonds is 5.